The van der Waals surface area contributed by atoms with Crippen molar-refractivity contribution in [1.82, 2.24) is 9.88 Å². The maximum absolute atomic E-state index is 13.3. The molecule has 0 amide bonds. The van der Waals surface area contributed by atoms with Crippen molar-refractivity contribution in [3.8, 4) is 0 Å². The fourth-order valence-corrected chi connectivity index (χ4v) is 2.65. The van der Waals surface area contributed by atoms with Gasteiger partial charge in [-0.05, 0) is 11.6 Å². The van der Waals surface area contributed by atoms with E-state index in [1.807, 2.05) is 0 Å². The second kappa shape index (κ2) is 6.76. The van der Waals surface area contributed by atoms with E-state index in [2.05, 4.69) is 9.88 Å². The first-order valence-corrected chi connectivity index (χ1v) is 6.55. The van der Waals surface area contributed by atoms with E-state index in [1.165, 1.54) is 13.2 Å². The Kier molecular flexibility index (Phi) is 5.03. The molecular weight excluding hydrogens is 263 g/mol. The molecule has 0 aliphatic carbocycles. The SMILES string of the molecule is COCCN1CC(C(=O)OC)C(c2cncc(F)c2)C1. The Balaban J connectivity index is 2.17. The monoisotopic (exact) mass is 282 g/mol. The molecular formula is C14H19FN2O3. The molecule has 0 spiro atoms. The molecule has 0 aromatic carbocycles. The first-order chi connectivity index (χ1) is 9.65. The number of esters is 1. The largest absolute Gasteiger partial charge is 0.469 e. The van der Waals surface area contributed by atoms with Gasteiger partial charge in [-0.25, -0.2) is 4.39 Å². The van der Waals surface area contributed by atoms with E-state index in [0.717, 1.165) is 18.3 Å². The Hall–Kier alpha value is -1.53. The Morgan fingerprint density at radius 2 is 2.25 bits per heavy atom. The molecule has 6 heteroatoms. The molecule has 1 saturated heterocycles. The topological polar surface area (TPSA) is 51.7 Å². The molecule has 110 valence electrons. The quantitative estimate of drug-likeness (QED) is 0.756. The summed E-state index contributed by atoms with van der Waals surface area (Å²) in [4.78, 5) is 17.9. The molecule has 2 atom stereocenters. The van der Waals surface area contributed by atoms with E-state index in [-0.39, 0.29) is 23.6 Å². The lowest BCUT2D eigenvalue weighted by atomic mass is 9.90. The molecule has 1 aromatic rings. The van der Waals surface area contributed by atoms with Gasteiger partial charge in [0.1, 0.15) is 5.82 Å². The zero-order chi connectivity index (χ0) is 14.5. The van der Waals surface area contributed by atoms with E-state index in [1.54, 1.807) is 13.3 Å². The van der Waals surface area contributed by atoms with Crippen LogP contribution in [0, 0.1) is 11.7 Å². The van der Waals surface area contributed by atoms with Crippen LogP contribution in [0.25, 0.3) is 0 Å². The predicted octanol–water partition coefficient (Wildman–Crippen LogP) is 1.06. The second-order valence-corrected chi connectivity index (χ2v) is 4.93. The average molecular weight is 282 g/mol. The van der Waals surface area contributed by atoms with Crippen molar-refractivity contribution >= 4 is 5.97 Å². The highest BCUT2D eigenvalue weighted by Crippen LogP contribution is 2.33. The van der Waals surface area contributed by atoms with Gasteiger partial charge >= 0.3 is 5.97 Å². The molecule has 0 saturated carbocycles. The number of aromatic nitrogens is 1. The number of carbonyl (C=O) groups excluding carboxylic acids is 1. The molecule has 1 aliphatic rings. The third-order valence-corrected chi connectivity index (χ3v) is 3.67. The zero-order valence-corrected chi connectivity index (χ0v) is 11.7. The highest BCUT2D eigenvalue weighted by molar-refractivity contribution is 5.74. The smallest absolute Gasteiger partial charge is 0.310 e. The Morgan fingerprint density at radius 1 is 1.45 bits per heavy atom. The van der Waals surface area contributed by atoms with Crippen molar-refractivity contribution in [2.45, 2.75) is 5.92 Å². The predicted molar refractivity (Wildman–Crippen MR) is 70.8 cm³/mol. The van der Waals surface area contributed by atoms with Crippen molar-refractivity contribution in [2.24, 2.45) is 5.92 Å². The van der Waals surface area contributed by atoms with Crippen LogP contribution < -0.4 is 0 Å². The van der Waals surface area contributed by atoms with Gasteiger partial charge in [0.05, 0.1) is 25.8 Å². The molecule has 1 aromatic heterocycles. The summed E-state index contributed by atoms with van der Waals surface area (Å²) < 4.78 is 23.2. The molecule has 0 radical (unpaired) electrons. The first-order valence-electron chi connectivity index (χ1n) is 6.55. The maximum atomic E-state index is 13.3. The van der Waals surface area contributed by atoms with Gasteiger partial charge in [-0.2, -0.15) is 0 Å². The molecule has 0 N–H and O–H groups in total. The Labute approximate surface area is 117 Å². The van der Waals surface area contributed by atoms with Gasteiger partial charge in [0.2, 0.25) is 0 Å². The number of hydrogen-bond donors (Lipinski definition) is 0. The van der Waals surface area contributed by atoms with Crippen LogP contribution in [0.4, 0.5) is 4.39 Å². The minimum Gasteiger partial charge on any atom is -0.469 e. The summed E-state index contributed by atoms with van der Waals surface area (Å²) in [5.41, 5.74) is 0.736. The van der Waals surface area contributed by atoms with Crippen LogP contribution in [-0.4, -0.2) is 56.3 Å². The van der Waals surface area contributed by atoms with E-state index in [0.29, 0.717) is 19.7 Å². The van der Waals surface area contributed by atoms with E-state index in [4.69, 9.17) is 9.47 Å². The standard InChI is InChI=1S/C14H19FN2O3/c1-19-4-3-17-8-12(13(9-17)14(18)20-2)10-5-11(15)7-16-6-10/h5-7,12-13H,3-4,8-9H2,1-2H3. The normalized spacial score (nSPS) is 22.9. The summed E-state index contributed by atoms with van der Waals surface area (Å²) in [6.45, 7) is 2.61. The molecule has 1 fully saturated rings. The summed E-state index contributed by atoms with van der Waals surface area (Å²) >= 11 is 0. The molecule has 0 bridgehead atoms. The Morgan fingerprint density at radius 3 is 2.90 bits per heavy atom. The van der Waals surface area contributed by atoms with Gasteiger partial charge < -0.3 is 9.47 Å². The van der Waals surface area contributed by atoms with Crippen LogP contribution in [0.5, 0.6) is 0 Å². The lowest BCUT2D eigenvalue weighted by Crippen LogP contribution is -2.27. The van der Waals surface area contributed by atoms with Crippen LogP contribution in [-0.2, 0) is 14.3 Å². The third-order valence-electron chi connectivity index (χ3n) is 3.67. The molecule has 1 aliphatic heterocycles. The summed E-state index contributed by atoms with van der Waals surface area (Å²) in [5.74, 6) is -1.04. The molecule has 2 rings (SSSR count). The molecule has 5 nitrogen and oxygen atoms in total. The van der Waals surface area contributed by atoms with Gasteiger partial charge in [-0.1, -0.05) is 0 Å². The summed E-state index contributed by atoms with van der Waals surface area (Å²) in [6, 6.07) is 1.44. The Bertz CT molecular complexity index is 469. The van der Waals surface area contributed by atoms with E-state index in [9.17, 15) is 9.18 Å². The number of nitrogens with zero attached hydrogens (tertiary/aromatic N) is 2. The summed E-state index contributed by atoms with van der Waals surface area (Å²) in [5, 5.41) is 0. The first kappa shape index (κ1) is 14.9. The van der Waals surface area contributed by atoms with Crippen molar-refractivity contribution in [1.29, 1.82) is 0 Å². The number of hydrogen-bond acceptors (Lipinski definition) is 5. The van der Waals surface area contributed by atoms with Crippen molar-refractivity contribution in [3.63, 3.8) is 0 Å². The van der Waals surface area contributed by atoms with Gasteiger partial charge in [0, 0.05) is 38.9 Å². The number of likely N-dealkylation sites (tertiary alicyclic amines) is 1. The molecule has 2 heterocycles. The van der Waals surface area contributed by atoms with Crippen LogP contribution >= 0.6 is 0 Å². The number of rotatable bonds is 5. The molecule has 2 unspecified atom stereocenters. The van der Waals surface area contributed by atoms with Crippen LogP contribution in [0.1, 0.15) is 11.5 Å². The highest BCUT2D eigenvalue weighted by atomic mass is 19.1. The van der Waals surface area contributed by atoms with Gasteiger partial charge in [0.15, 0.2) is 0 Å². The highest BCUT2D eigenvalue weighted by Gasteiger charge is 2.39. The van der Waals surface area contributed by atoms with E-state index >= 15 is 0 Å². The van der Waals surface area contributed by atoms with Crippen molar-refractivity contribution < 1.29 is 18.7 Å². The number of carbonyl (C=O) groups is 1. The minimum atomic E-state index is -0.388. The fraction of sp³-hybridized carbons (Fsp3) is 0.571. The summed E-state index contributed by atoms with van der Waals surface area (Å²) in [6.07, 6.45) is 2.78. The van der Waals surface area contributed by atoms with E-state index < -0.39 is 0 Å². The lowest BCUT2D eigenvalue weighted by Gasteiger charge is -2.16. The fourth-order valence-electron chi connectivity index (χ4n) is 2.65. The van der Waals surface area contributed by atoms with Crippen molar-refractivity contribution in [3.05, 3.63) is 29.8 Å². The molecule has 20 heavy (non-hydrogen) atoms. The minimum absolute atomic E-state index is 0.0949. The van der Waals surface area contributed by atoms with Gasteiger partial charge in [0.25, 0.3) is 0 Å². The number of pyridine rings is 1. The van der Waals surface area contributed by atoms with Crippen LogP contribution in [0.3, 0.4) is 0 Å². The van der Waals surface area contributed by atoms with Gasteiger partial charge in [-0.3, -0.25) is 14.7 Å². The van der Waals surface area contributed by atoms with Crippen LogP contribution in [0.2, 0.25) is 0 Å². The average Bonchev–Trinajstić information content (AvgIpc) is 2.88. The third kappa shape index (κ3) is 3.32. The van der Waals surface area contributed by atoms with Crippen molar-refractivity contribution in [2.75, 3.05) is 40.5 Å². The van der Waals surface area contributed by atoms with Gasteiger partial charge in [-0.15, -0.1) is 0 Å². The van der Waals surface area contributed by atoms with Crippen LogP contribution in [0.15, 0.2) is 18.5 Å². The zero-order valence-electron chi connectivity index (χ0n) is 11.7. The number of ether oxygens (including phenoxy) is 2. The summed E-state index contributed by atoms with van der Waals surface area (Å²) in [7, 11) is 3.02. The number of methoxy groups -OCH3 is 2. The second-order valence-electron chi connectivity index (χ2n) is 4.93. The maximum Gasteiger partial charge on any atom is 0.310 e. The number of halogens is 1. The lowest BCUT2D eigenvalue weighted by molar-refractivity contribution is -0.145.